The third-order valence-electron chi connectivity index (χ3n) is 4.74. The van der Waals surface area contributed by atoms with Crippen LogP contribution in [0.25, 0.3) is 0 Å². The van der Waals surface area contributed by atoms with Crippen LogP contribution < -0.4 is 22.1 Å². The van der Waals surface area contributed by atoms with Crippen LogP contribution in [0.5, 0.6) is 0 Å². The Kier molecular flexibility index (Phi) is 13.2. The van der Waals surface area contributed by atoms with Gasteiger partial charge in [-0.05, 0) is 38.7 Å². The molecule has 0 saturated heterocycles. The van der Waals surface area contributed by atoms with E-state index in [1.807, 2.05) is 19.1 Å². The minimum atomic E-state index is -0.428. The van der Waals surface area contributed by atoms with Crippen molar-refractivity contribution in [1.29, 1.82) is 0 Å². The summed E-state index contributed by atoms with van der Waals surface area (Å²) in [6, 6.07) is 0. The average Bonchev–Trinajstić information content (AvgIpc) is 2.65. The summed E-state index contributed by atoms with van der Waals surface area (Å²) in [4.78, 5) is 24.3. The van der Waals surface area contributed by atoms with Crippen LogP contribution in [0.2, 0.25) is 0 Å². The van der Waals surface area contributed by atoms with E-state index in [2.05, 4.69) is 37.1 Å². The third kappa shape index (κ3) is 9.02. The predicted molar refractivity (Wildman–Crippen MR) is 113 cm³/mol. The summed E-state index contributed by atoms with van der Waals surface area (Å²) in [5.41, 5.74) is 12.5. The first kappa shape index (κ1) is 25.1. The molecule has 6 heteroatoms. The highest BCUT2D eigenvalue weighted by atomic mass is 16.2. The van der Waals surface area contributed by atoms with Gasteiger partial charge < -0.3 is 22.1 Å². The molecule has 0 rings (SSSR count). The summed E-state index contributed by atoms with van der Waals surface area (Å²) in [5.74, 6) is -0.0648. The standard InChI is InChI=1S/C21H38N4O2/c1-5-7-17(3)21(18(4)8-6-2,11-9-19(26)24-15-13-22)12-10-20(27)25-16-14-23/h5,7-8H,3,6,9-16,22-23H2,1-2,4H3,(H,24,26)(H,25,27). The minimum absolute atomic E-state index is 0.0324. The van der Waals surface area contributed by atoms with Crippen LogP contribution in [0, 0.1) is 5.41 Å². The van der Waals surface area contributed by atoms with Gasteiger partial charge in [-0.2, -0.15) is 0 Å². The number of rotatable bonds is 14. The van der Waals surface area contributed by atoms with E-state index in [1.54, 1.807) is 0 Å². The fourth-order valence-electron chi connectivity index (χ4n) is 3.21. The number of hydrogen-bond acceptors (Lipinski definition) is 4. The molecule has 0 aliphatic heterocycles. The number of amides is 2. The van der Waals surface area contributed by atoms with Crippen molar-refractivity contribution in [3.8, 4) is 0 Å². The van der Waals surface area contributed by atoms with Gasteiger partial charge in [0.05, 0.1) is 0 Å². The molecular weight excluding hydrogens is 340 g/mol. The lowest BCUT2D eigenvalue weighted by atomic mass is 9.68. The molecule has 0 atom stereocenters. The summed E-state index contributed by atoms with van der Waals surface area (Å²) >= 11 is 0. The van der Waals surface area contributed by atoms with Crippen LogP contribution in [0.1, 0.15) is 52.9 Å². The zero-order chi connectivity index (χ0) is 20.7. The van der Waals surface area contributed by atoms with Crippen molar-refractivity contribution >= 4 is 11.8 Å². The maximum Gasteiger partial charge on any atom is 0.220 e. The van der Waals surface area contributed by atoms with Gasteiger partial charge in [0.2, 0.25) is 11.8 Å². The quantitative estimate of drug-likeness (QED) is 0.274. The lowest BCUT2D eigenvalue weighted by Gasteiger charge is -2.36. The molecule has 0 heterocycles. The van der Waals surface area contributed by atoms with E-state index in [1.165, 1.54) is 0 Å². The topological polar surface area (TPSA) is 110 Å². The molecule has 154 valence electrons. The molecular formula is C21H38N4O2. The number of nitrogens with two attached hydrogens (primary N) is 2. The number of allylic oxidation sites excluding steroid dienone is 5. The molecule has 27 heavy (non-hydrogen) atoms. The molecule has 0 aromatic heterocycles. The summed E-state index contributed by atoms with van der Waals surface area (Å²) in [7, 11) is 0. The summed E-state index contributed by atoms with van der Waals surface area (Å²) < 4.78 is 0. The van der Waals surface area contributed by atoms with Gasteiger partial charge in [0.25, 0.3) is 0 Å². The van der Waals surface area contributed by atoms with Crippen LogP contribution in [0.3, 0.4) is 0 Å². The zero-order valence-corrected chi connectivity index (χ0v) is 17.3. The molecule has 0 radical (unpaired) electrons. The Hall–Kier alpha value is -1.92. The van der Waals surface area contributed by atoms with Gasteiger partial charge in [0.15, 0.2) is 0 Å². The van der Waals surface area contributed by atoms with Gasteiger partial charge in [-0.3, -0.25) is 9.59 Å². The molecule has 2 amide bonds. The molecule has 0 fully saturated rings. The van der Waals surface area contributed by atoms with E-state index >= 15 is 0 Å². The number of nitrogens with one attached hydrogen (secondary N) is 2. The second kappa shape index (κ2) is 14.2. The normalized spacial score (nSPS) is 12.3. The first-order valence-electron chi connectivity index (χ1n) is 9.80. The predicted octanol–water partition coefficient (Wildman–Crippen LogP) is 2.17. The first-order chi connectivity index (χ1) is 12.9. The third-order valence-corrected chi connectivity index (χ3v) is 4.74. The van der Waals surface area contributed by atoms with Crippen molar-refractivity contribution in [3.63, 3.8) is 0 Å². The van der Waals surface area contributed by atoms with E-state index in [0.717, 1.165) is 17.6 Å². The van der Waals surface area contributed by atoms with E-state index in [9.17, 15) is 9.59 Å². The number of carbonyl (C=O) groups excluding carboxylic acids is 2. The maximum absolute atomic E-state index is 12.2. The van der Waals surface area contributed by atoms with Crippen molar-refractivity contribution in [2.75, 3.05) is 26.2 Å². The van der Waals surface area contributed by atoms with E-state index in [0.29, 0.717) is 51.9 Å². The van der Waals surface area contributed by atoms with Crippen LogP contribution >= 0.6 is 0 Å². The van der Waals surface area contributed by atoms with Gasteiger partial charge in [-0.1, -0.05) is 37.3 Å². The maximum atomic E-state index is 12.2. The SMILES string of the molecule is C=C(C=CC)C(CCC(=O)NCCN)(CCC(=O)NCCN)C(C)=CCC. The fraction of sp³-hybridized carbons (Fsp3) is 0.619. The zero-order valence-electron chi connectivity index (χ0n) is 17.3. The van der Waals surface area contributed by atoms with Crippen LogP contribution in [0.15, 0.2) is 36.0 Å². The van der Waals surface area contributed by atoms with Crippen molar-refractivity contribution in [3.05, 3.63) is 36.0 Å². The summed E-state index contributed by atoms with van der Waals surface area (Å²) in [6.45, 7) is 12.1. The molecule has 0 spiro atoms. The molecule has 0 saturated carbocycles. The molecule has 0 bridgehead atoms. The van der Waals surface area contributed by atoms with Gasteiger partial charge in [-0.15, -0.1) is 0 Å². The van der Waals surface area contributed by atoms with Crippen LogP contribution in [0.4, 0.5) is 0 Å². The highest BCUT2D eigenvalue weighted by Crippen LogP contribution is 2.44. The summed E-state index contributed by atoms with van der Waals surface area (Å²) in [5, 5.41) is 5.63. The van der Waals surface area contributed by atoms with E-state index in [-0.39, 0.29) is 11.8 Å². The Labute approximate surface area is 164 Å². The monoisotopic (exact) mass is 378 g/mol. The largest absolute Gasteiger partial charge is 0.355 e. The Bertz CT molecular complexity index is 510. The van der Waals surface area contributed by atoms with Gasteiger partial charge in [-0.25, -0.2) is 0 Å². The van der Waals surface area contributed by atoms with Gasteiger partial charge >= 0.3 is 0 Å². The molecule has 0 aromatic carbocycles. The molecule has 0 unspecified atom stereocenters. The van der Waals surface area contributed by atoms with E-state index < -0.39 is 5.41 Å². The molecule has 0 aliphatic carbocycles. The number of carbonyl (C=O) groups is 2. The Balaban J connectivity index is 5.54. The lowest BCUT2D eigenvalue weighted by Crippen LogP contribution is -2.34. The minimum Gasteiger partial charge on any atom is -0.355 e. The van der Waals surface area contributed by atoms with Gasteiger partial charge in [0, 0.05) is 44.4 Å². The van der Waals surface area contributed by atoms with Crippen molar-refractivity contribution in [2.45, 2.75) is 52.9 Å². The first-order valence-corrected chi connectivity index (χ1v) is 9.80. The van der Waals surface area contributed by atoms with Crippen LogP contribution in [-0.4, -0.2) is 38.0 Å². The lowest BCUT2D eigenvalue weighted by molar-refractivity contribution is -0.121. The molecule has 6 N–H and O–H groups in total. The van der Waals surface area contributed by atoms with Gasteiger partial charge in [0.1, 0.15) is 0 Å². The Morgan fingerprint density at radius 3 is 1.89 bits per heavy atom. The van der Waals surface area contributed by atoms with Crippen molar-refractivity contribution in [1.82, 2.24) is 10.6 Å². The summed E-state index contributed by atoms with van der Waals surface area (Å²) in [6.07, 6.45) is 8.87. The molecule has 0 aliphatic rings. The fourth-order valence-corrected chi connectivity index (χ4v) is 3.21. The smallest absolute Gasteiger partial charge is 0.220 e. The van der Waals surface area contributed by atoms with Crippen molar-refractivity contribution < 1.29 is 9.59 Å². The van der Waals surface area contributed by atoms with Crippen molar-refractivity contribution in [2.24, 2.45) is 16.9 Å². The number of hydrogen-bond donors (Lipinski definition) is 4. The Morgan fingerprint density at radius 1 is 1.04 bits per heavy atom. The molecule has 0 aromatic rings. The average molecular weight is 379 g/mol. The molecule has 6 nitrogen and oxygen atoms in total. The second-order valence-electron chi connectivity index (χ2n) is 6.68. The highest BCUT2D eigenvalue weighted by Gasteiger charge is 2.34. The van der Waals surface area contributed by atoms with Crippen LogP contribution in [-0.2, 0) is 9.59 Å². The van der Waals surface area contributed by atoms with E-state index in [4.69, 9.17) is 11.5 Å². The Morgan fingerprint density at radius 2 is 1.52 bits per heavy atom. The highest BCUT2D eigenvalue weighted by molar-refractivity contribution is 5.77. The second-order valence-corrected chi connectivity index (χ2v) is 6.68.